The van der Waals surface area contributed by atoms with Crippen LogP contribution in [0.1, 0.15) is 31.2 Å². The molecular weight excluding hydrogens is 276 g/mol. The highest BCUT2D eigenvalue weighted by atomic mass is 32.2. The highest BCUT2D eigenvalue weighted by molar-refractivity contribution is 7.93. The van der Waals surface area contributed by atoms with Gasteiger partial charge in [0.05, 0.1) is 22.4 Å². The summed E-state index contributed by atoms with van der Waals surface area (Å²) in [6, 6.07) is 7.46. The summed E-state index contributed by atoms with van der Waals surface area (Å²) in [5.41, 5.74) is 0.560. The Morgan fingerprint density at radius 2 is 1.85 bits per heavy atom. The van der Waals surface area contributed by atoms with Gasteiger partial charge in [-0.2, -0.15) is 0 Å². The number of hydrogen-bond donors (Lipinski definition) is 1. The minimum Gasteiger partial charge on any atom is -0.464 e. The second-order valence-corrected chi connectivity index (χ2v) is 8.53. The number of sulfone groups is 1. The Hall–Kier alpha value is -1.33. The van der Waals surface area contributed by atoms with Crippen molar-refractivity contribution in [2.24, 2.45) is 0 Å². The fourth-order valence-electron chi connectivity index (χ4n) is 3.74. The van der Waals surface area contributed by atoms with Crippen LogP contribution in [0.4, 0.5) is 0 Å². The van der Waals surface area contributed by atoms with Gasteiger partial charge < -0.3 is 9.52 Å². The van der Waals surface area contributed by atoms with E-state index in [4.69, 9.17) is 4.42 Å². The summed E-state index contributed by atoms with van der Waals surface area (Å²) in [6.07, 6.45) is 3.62. The molecule has 1 aromatic heterocycles. The van der Waals surface area contributed by atoms with Crippen LogP contribution >= 0.6 is 0 Å². The third-order valence-electron chi connectivity index (χ3n) is 4.86. The van der Waals surface area contributed by atoms with Crippen LogP contribution in [0.3, 0.4) is 0 Å². The van der Waals surface area contributed by atoms with Crippen molar-refractivity contribution in [2.45, 2.75) is 41.8 Å². The molecule has 3 heterocycles. The van der Waals surface area contributed by atoms with Gasteiger partial charge in [0.1, 0.15) is 5.58 Å². The van der Waals surface area contributed by atoms with Crippen molar-refractivity contribution in [1.82, 2.24) is 0 Å². The van der Waals surface area contributed by atoms with E-state index in [1.807, 2.05) is 24.3 Å². The van der Waals surface area contributed by atoms with Gasteiger partial charge in [-0.15, -0.1) is 0 Å². The van der Waals surface area contributed by atoms with Gasteiger partial charge in [-0.3, -0.25) is 0 Å². The van der Waals surface area contributed by atoms with Crippen LogP contribution < -0.4 is 0 Å². The summed E-state index contributed by atoms with van der Waals surface area (Å²) in [7, 11) is -3.02. The molecule has 0 spiro atoms. The number of rotatable bonds is 1. The maximum Gasteiger partial charge on any atom is 0.156 e. The topological polar surface area (TPSA) is 67.5 Å². The van der Waals surface area contributed by atoms with Crippen molar-refractivity contribution >= 4 is 20.8 Å². The van der Waals surface area contributed by atoms with Crippen LogP contribution in [0.2, 0.25) is 0 Å². The molecule has 2 unspecified atom stereocenters. The fourth-order valence-corrected chi connectivity index (χ4v) is 6.23. The van der Waals surface area contributed by atoms with Crippen LogP contribution in [0, 0.1) is 0 Å². The summed E-state index contributed by atoms with van der Waals surface area (Å²) >= 11 is 0. The molecule has 1 aromatic carbocycles. The molecular formula is C15H16O4S. The number of hydrogen-bond acceptors (Lipinski definition) is 4. The van der Waals surface area contributed by atoms with Gasteiger partial charge in [-0.1, -0.05) is 6.07 Å². The lowest BCUT2D eigenvalue weighted by Gasteiger charge is -2.36. The summed E-state index contributed by atoms with van der Waals surface area (Å²) < 4.78 is 29.6. The smallest absolute Gasteiger partial charge is 0.156 e. The van der Waals surface area contributed by atoms with Crippen LogP contribution in [-0.4, -0.2) is 24.0 Å². The molecule has 2 aliphatic rings. The predicted octanol–water partition coefficient (Wildman–Crippen LogP) is 2.36. The van der Waals surface area contributed by atoms with E-state index in [1.54, 1.807) is 6.26 Å². The summed E-state index contributed by atoms with van der Waals surface area (Å²) in [5.74, 6) is 0. The molecule has 2 saturated heterocycles. The number of furan rings is 1. The quantitative estimate of drug-likeness (QED) is 0.876. The zero-order valence-electron chi connectivity index (χ0n) is 11.0. The molecule has 4 nitrogen and oxygen atoms in total. The van der Waals surface area contributed by atoms with Crippen molar-refractivity contribution in [1.29, 1.82) is 0 Å². The first-order valence-electron chi connectivity index (χ1n) is 6.92. The Morgan fingerprint density at radius 3 is 2.55 bits per heavy atom. The van der Waals surface area contributed by atoms with Crippen molar-refractivity contribution < 1.29 is 17.9 Å². The highest BCUT2D eigenvalue weighted by Crippen LogP contribution is 2.47. The molecule has 5 heteroatoms. The SMILES string of the molecule is O=S1(=O)C2CCC1CC(O)(c1ccc3occc3c1)C2. The van der Waals surface area contributed by atoms with Crippen molar-refractivity contribution in [3.63, 3.8) is 0 Å². The van der Waals surface area contributed by atoms with Crippen molar-refractivity contribution in [2.75, 3.05) is 0 Å². The molecule has 2 aliphatic heterocycles. The molecule has 4 rings (SSSR count). The predicted molar refractivity (Wildman–Crippen MR) is 75.1 cm³/mol. The molecule has 2 aromatic rings. The second-order valence-electron chi connectivity index (χ2n) is 6.02. The Labute approximate surface area is 117 Å². The minimum atomic E-state index is -3.02. The molecule has 2 fully saturated rings. The standard InChI is InChI=1S/C15H16O4S/c16-15(8-12-2-3-13(9-15)20(12,17)18)11-1-4-14-10(7-11)5-6-19-14/h1,4-7,12-13,16H,2-3,8-9H2. The molecule has 0 aliphatic carbocycles. The van der Waals surface area contributed by atoms with Crippen LogP contribution in [0.5, 0.6) is 0 Å². The molecule has 1 N–H and O–H groups in total. The average molecular weight is 292 g/mol. The molecule has 2 atom stereocenters. The molecule has 0 amide bonds. The Kier molecular flexibility index (Phi) is 2.40. The third kappa shape index (κ3) is 1.59. The Balaban J connectivity index is 1.78. The molecule has 0 radical (unpaired) electrons. The van der Waals surface area contributed by atoms with E-state index in [9.17, 15) is 13.5 Å². The van der Waals surface area contributed by atoms with Gasteiger partial charge in [0.25, 0.3) is 0 Å². The van der Waals surface area contributed by atoms with Crippen LogP contribution in [0.15, 0.2) is 34.9 Å². The zero-order chi connectivity index (χ0) is 14.0. The lowest BCUT2D eigenvalue weighted by Crippen LogP contribution is -2.43. The lowest BCUT2D eigenvalue weighted by atomic mass is 9.85. The monoisotopic (exact) mass is 292 g/mol. The number of aliphatic hydroxyl groups is 1. The number of fused-ring (bicyclic) bond motifs is 3. The molecule has 20 heavy (non-hydrogen) atoms. The summed E-state index contributed by atoms with van der Waals surface area (Å²) in [5, 5.41) is 11.1. The average Bonchev–Trinajstić information content (AvgIpc) is 2.90. The summed E-state index contributed by atoms with van der Waals surface area (Å²) in [4.78, 5) is 0. The van der Waals surface area contributed by atoms with Gasteiger partial charge in [-0.05, 0) is 49.4 Å². The molecule has 0 saturated carbocycles. The van der Waals surface area contributed by atoms with Crippen molar-refractivity contribution in [3.8, 4) is 0 Å². The van der Waals surface area contributed by atoms with Gasteiger partial charge in [0, 0.05) is 5.39 Å². The van der Waals surface area contributed by atoms with Crippen LogP contribution in [-0.2, 0) is 15.4 Å². The van der Waals surface area contributed by atoms with Gasteiger partial charge in [0.15, 0.2) is 9.84 Å². The van der Waals surface area contributed by atoms with Gasteiger partial charge in [0.2, 0.25) is 0 Å². The summed E-state index contributed by atoms with van der Waals surface area (Å²) in [6.45, 7) is 0. The third-order valence-corrected chi connectivity index (χ3v) is 7.52. The highest BCUT2D eigenvalue weighted by Gasteiger charge is 2.53. The van der Waals surface area contributed by atoms with Crippen LogP contribution in [0.25, 0.3) is 11.0 Å². The van der Waals surface area contributed by atoms with E-state index in [-0.39, 0.29) is 10.5 Å². The van der Waals surface area contributed by atoms with E-state index in [1.165, 1.54) is 0 Å². The van der Waals surface area contributed by atoms with E-state index in [2.05, 4.69) is 0 Å². The van der Waals surface area contributed by atoms with E-state index in [0.717, 1.165) is 16.5 Å². The number of benzene rings is 1. The second kappa shape index (κ2) is 3.86. The fraction of sp³-hybridized carbons (Fsp3) is 0.467. The normalized spacial score (nSPS) is 35.5. The zero-order valence-corrected chi connectivity index (χ0v) is 11.8. The maximum atomic E-state index is 12.1. The Morgan fingerprint density at radius 1 is 1.15 bits per heavy atom. The molecule has 2 bridgehead atoms. The first-order chi connectivity index (χ1) is 9.49. The van der Waals surface area contributed by atoms with E-state index < -0.39 is 15.4 Å². The van der Waals surface area contributed by atoms with E-state index >= 15 is 0 Å². The Bertz CT molecular complexity index is 754. The van der Waals surface area contributed by atoms with Gasteiger partial charge >= 0.3 is 0 Å². The maximum absolute atomic E-state index is 12.1. The first-order valence-corrected chi connectivity index (χ1v) is 8.53. The van der Waals surface area contributed by atoms with Crippen molar-refractivity contribution in [3.05, 3.63) is 36.1 Å². The van der Waals surface area contributed by atoms with E-state index in [0.29, 0.717) is 25.7 Å². The lowest BCUT2D eigenvalue weighted by molar-refractivity contribution is 0.0174. The van der Waals surface area contributed by atoms with Gasteiger partial charge in [-0.25, -0.2) is 8.42 Å². The largest absolute Gasteiger partial charge is 0.464 e. The first kappa shape index (κ1) is 12.4. The molecule has 106 valence electrons. The minimum absolute atomic E-state index is 0.315.